The minimum absolute atomic E-state index is 0.0474. The zero-order valence-corrected chi connectivity index (χ0v) is 11.5. The maximum atomic E-state index is 11.8. The van der Waals surface area contributed by atoms with Gasteiger partial charge in [-0.3, -0.25) is 4.79 Å². The van der Waals surface area contributed by atoms with E-state index >= 15 is 0 Å². The Morgan fingerprint density at radius 1 is 1.50 bits per heavy atom. The van der Waals surface area contributed by atoms with E-state index in [0.29, 0.717) is 10.4 Å². The molecule has 3 nitrogen and oxygen atoms in total. The summed E-state index contributed by atoms with van der Waals surface area (Å²) >= 11 is 3.32. The number of hydrogen-bond acceptors (Lipinski definition) is 2. The molecule has 1 N–H and O–H groups in total. The molecule has 0 aromatic carbocycles. The summed E-state index contributed by atoms with van der Waals surface area (Å²) in [4.78, 5) is 19.3. The number of halogens is 1. The standard InChI is InChI=1S/C12H17BrN2O/c1-7(2)6-8-9(13)10(16)15-11(14-8)12(3)4-5-12/h7H,4-6H2,1-3H3,(H,14,15,16). The molecule has 1 aliphatic carbocycles. The van der Waals surface area contributed by atoms with Crippen molar-refractivity contribution in [1.82, 2.24) is 9.97 Å². The fraction of sp³-hybridized carbons (Fsp3) is 0.667. The molecule has 1 aliphatic rings. The van der Waals surface area contributed by atoms with Crippen LogP contribution in [0.25, 0.3) is 0 Å². The molecule has 88 valence electrons. The Kier molecular flexibility index (Phi) is 2.95. The molecule has 0 saturated heterocycles. The molecule has 1 heterocycles. The van der Waals surface area contributed by atoms with Gasteiger partial charge in [-0.2, -0.15) is 0 Å². The fourth-order valence-electron chi connectivity index (χ4n) is 1.74. The molecule has 2 rings (SSSR count). The third-order valence-corrected chi connectivity index (χ3v) is 3.92. The van der Waals surface area contributed by atoms with Crippen LogP contribution in [0.1, 0.15) is 45.1 Å². The van der Waals surface area contributed by atoms with Gasteiger partial charge in [0, 0.05) is 5.41 Å². The summed E-state index contributed by atoms with van der Waals surface area (Å²) in [6.45, 7) is 6.42. The lowest BCUT2D eigenvalue weighted by Crippen LogP contribution is -2.20. The van der Waals surface area contributed by atoms with Crippen LogP contribution in [0.2, 0.25) is 0 Å². The Morgan fingerprint density at radius 2 is 2.12 bits per heavy atom. The van der Waals surface area contributed by atoms with Crippen LogP contribution in [0.5, 0.6) is 0 Å². The van der Waals surface area contributed by atoms with Crippen molar-refractivity contribution in [1.29, 1.82) is 0 Å². The first-order valence-corrected chi connectivity index (χ1v) is 6.51. The van der Waals surface area contributed by atoms with Gasteiger partial charge in [0.05, 0.1) is 5.69 Å². The lowest BCUT2D eigenvalue weighted by atomic mass is 10.1. The smallest absolute Gasteiger partial charge is 0.265 e. The van der Waals surface area contributed by atoms with E-state index in [9.17, 15) is 4.79 Å². The molecule has 16 heavy (non-hydrogen) atoms. The molecule has 0 spiro atoms. The van der Waals surface area contributed by atoms with Gasteiger partial charge in [0.15, 0.2) is 0 Å². The number of nitrogens with zero attached hydrogens (tertiary/aromatic N) is 1. The van der Waals surface area contributed by atoms with Crippen LogP contribution >= 0.6 is 15.9 Å². The molecule has 0 radical (unpaired) electrons. The Morgan fingerprint density at radius 3 is 2.62 bits per heavy atom. The second kappa shape index (κ2) is 3.99. The molecule has 0 aliphatic heterocycles. The molecule has 1 aromatic heterocycles. The van der Waals surface area contributed by atoms with Crippen molar-refractivity contribution in [3.05, 3.63) is 26.3 Å². The zero-order valence-electron chi connectivity index (χ0n) is 9.93. The van der Waals surface area contributed by atoms with E-state index in [4.69, 9.17) is 0 Å². The normalized spacial score (nSPS) is 17.8. The molecular weight excluding hydrogens is 268 g/mol. The van der Waals surface area contributed by atoms with E-state index in [1.807, 2.05) is 0 Å². The van der Waals surface area contributed by atoms with Gasteiger partial charge >= 0.3 is 0 Å². The van der Waals surface area contributed by atoms with Gasteiger partial charge in [-0.15, -0.1) is 0 Å². The third-order valence-electron chi connectivity index (χ3n) is 3.10. The zero-order chi connectivity index (χ0) is 11.9. The molecule has 4 heteroatoms. The average Bonchev–Trinajstić information content (AvgIpc) is 2.92. The topological polar surface area (TPSA) is 45.8 Å². The molecule has 1 aromatic rings. The predicted octanol–water partition coefficient (Wildman–Crippen LogP) is 2.78. The molecule has 0 bridgehead atoms. The van der Waals surface area contributed by atoms with E-state index in [1.54, 1.807) is 0 Å². The first-order valence-electron chi connectivity index (χ1n) is 5.71. The van der Waals surface area contributed by atoms with E-state index < -0.39 is 0 Å². The highest BCUT2D eigenvalue weighted by molar-refractivity contribution is 9.10. The van der Waals surface area contributed by atoms with Gasteiger partial charge < -0.3 is 4.98 Å². The van der Waals surface area contributed by atoms with Crippen LogP contribution in [0.4, 0.5) is 0 Å². The van der Waals surface area contributed by atoms with Crippen molar-refractivity contribution in [3.8, 4) is 0 Å². The van der Waals surface area contributed by atoms with Crippen molar-refractivity contribution in [2.75, 3.05) is 0 Å². The summed E-state index contributed by atoms with van der Waals surface area (Å²) in [6, 6.07) is 0. The Hall–Kier alpha value is -0.640. The maximum Gasteiger partial charge on any atom is 0.265 e. The minimum atomic E-state index is -0.0474. The number of aromatic amines is 1. The molecule has 0 unspecified atom stereocenters. The van der Waals surface area contributed by atoms with Gasteiger partial charge in [-0.1, -0.05) is 20.8 Å². The number of aromatic nitrogens is 2. The predicted molar refractivity (Wildman–Crippen MR) is 67.7 cm³/mol. The van der Waals surface area contributed by atoms with Gasteiger partial charge in [-0.05, 0) is 41.1 Å². The van der Waals surface area contributed by atoms with E-state index in [1.165, 1.54) is 0 Å². The first kappa shape index (κ1) is 11.8. The number of nitrogens with one attached hydrogen (secondary N) is 1. The molecular formula is C12H17BrN2O. The van der Waals surface area contributed by atoms with Crippen molar-refractivity contribution in [3.63, 3.8) is 0 Å². The summed E-state index contributed by atoms with van der Waals surface area (Å²) in [7, 11) is 0. The molecule has 1 fully saturated rings. The van der Waals surface area contributed by atoms with E-state index in [-0.39, 0.29) is 11.0 Å². The highest BCUT2D eigenvalue weighted by atomic mass is 79.9. The van der Waals surface area contributed by atoms with Crippen LogP contribution < -0.4 is 5.56 Å². The second-order valence-corrected chi connectivity index (χ2v) is 6.13. The minimum Gasteiger partial charge on any atom is -0.309 e. The highest BCUT2D eigenvalue weighted by Gasteiger charge is 2.42. The number of H-pyrrole nitrogens is 1. The van der Waals surface area contributed by atoms with Crippen LogP contribution in [0.3, 0.4) is 0 Å². The van der Waals surface area contributed by atoms with Crippen molar-refractivity contribution >= 4 is 15.9 Å². The van der Waals surface area contributed by atoms with Crippen molar-refractivity contribution < 1.29 is 0 Å². The monoisotopic (exact) mass is 284 g/mol. The van der Waals surface area contributed by atoms with Gasteiger partial charge in [-0.25, -0.2) is 4.98 Å². The first-order chi connectivity index (χ1) is 7.42. The number of hydrogen-bond donors (Lipinski definition) is 1. The Bertz CT molecular complexity index is 461. The summed E-state index contributed by atoms with van der Waals surface area (Å²) in [6.07, 6.45) is 3.09. The summed E-state index contributed by atoms with van der Waals surface area (Å²) < 4.78 is 0.592. The van der Waals surface area contributed by atoms with Gasteiger partial charge in [0.25, 0.3) is 5.56 Å². The second-order valence-electron chi connectivity index (χ2n) is 5.33. The lowest BCUT2D eigenvalue weighted by Gasteiger charge is -2.12. The van der Waals surface area contributed by atoms with E-state index in [2.05, 4.69) is 46.7 Å². The lowest BCUT2D eigenvalue weighted by molar-refractivity contribution is 0.613. The largest absolute Gasteiger partial charge is 0.309 e. The summed E-state index contributed by atoms with van der Waals surface area (Å²) in [5, 5.41) is 0. The van der Waals surface area contributed by atoms with Crippen LogP contribution in [-0.2, 0) is 11.8 Å². The summed E-state index contributed by atoms with van der Waals surface area (Å²) in [5.41, 5.74) is 0.960. The quantitative estimate of drug-likeness (QED) is 0.928. The fourth-order valence-corrected chi connectivity index (χ4v) is 2.09. The Balaban J connectivity index is 2.43. The maximum absolute atomic E-state index is 11.8. The summed E-state index contributed by atoms with van der Waals surface area (Å²) in [5.74, 6) is 1.36. The van der Waals surface area contributed by atoms with Gasteiger partial charge in [0.1, 0.15) is 10.3 Å². The van der Waals surface area contributed by atoms with Gasteiger partial charge in [0.2, 0.25) is 0 Å². The van der Waals surface area contributed by atoms with Crippen LogP contribution in [0, 0.1) is 5.92 Å². The number of rotatable bonds is 3. The third kappa shape index (κ3) is 2.21. The molecule has 0 amide bonds. The molecule has 1 saturated carbocycles. The van der Waals surface area contributed by atoms with Crippen LogP contribution in [-0.4, -0.2) is 9.97 Å². The van der Waals surface area contributed by atoms with Crippen molar-refractivity contribution in [2.45, 2.75) is 45.4 Å². The SMILES string of the molecule is CC(C)Cc1nc(C2(C)CC2)[nH]c(=O)c1Br. The average molecular weight is 285 g/mol. The molecule has 0 atom stereocenters. The van der Waals surface area contributed by atoms with Crippen LogP contribution in [0.15, 0.2) is 9.27 Å². The Labute approximate surface area is 104 Å². The van der Waals surface area contributed by atoms with E-state index in [0.717, 1.165) is 30.8 Å². The van der Waals surface area contributed by atoms with Crippen molar-refractivity contribution in [2.24, 2.45) is 5.92 Å². The highest BCUT2D eigenvalue weighted by Crippen LogP contribution is 2.45.